The number of amides is 2. The fraction of sp³-hybridized carbons (Fsp3) is 0.222. The zero-order chi connectivity index (χ0) is 23.6. The van der Waals surface area contributed by atoms with Crippen LogP contribution in [-0.4, -0.2) is 28.6 Å². The van der Waals surface area contributed by atoms with E-state index in [1.54, 1.807) is 27.7 Å². The lowest BCUT2D eigenvalue weighted by molar-refractivity contribution is -0.117. The molecule has 6 heteroatoms. The Balaban J connectivity index is 1.56. The van der Waals surface area contributed by atoms with Gasteiger partial charge in [-0.25, -0.2) is 9.78 Å². The van der Waals surface area contributed by atoms with E-state index >= 15 is 0 Å². The molecule has 4 rings (SSSR count). The second-order valence-electron chi connectivity index (χ2n) is 8.96. The molecule has 2 N–H and O–H groups in total. The number of carbonyl (C=O) groups excluding carboxylic acids is 2. The summed E-state index contributed by atoms with van der Waals surface area (Å²) in [7, 11) is 0. The molecule has 6 nitrogen and oxygen atoms in total. The minimum Gasteiger partial charge on any atom is -0.444 e. The van der Waals surface area contributed by atoms with Crippen LogP contribution in [0.25, 0.3) is 32.9 Å². The van der Waals surface area contributed by atoms with Crippen molar-refractivity contribution in [3.05, 3.63) is 72.8 Å². The summed E-state index contributed by atoms with van der Waals surface area (Å²) in [6.45, 7) is 6.93. The Labute approximate surface area is 193 Å². The summed E-state index contributed by atoms with van der Waals surface area (Å²) in [6, 6.07) is 23.1. The van der Waals surface area contributed by atoms with Gasteiger partial charge in [0.2, 0.25) is 5.91 Å². The second-order valence-corrected chi connectivity index (χ2v) is 8.96. The number of fused-ring (bicyclic) bond motifs is 2. The number of aromatic nitrogens is 1. The number of pyridine rings is 1. The summed E-state index contributed by atoms with van der Waals surface area (Å²) >= 11 is 0. The van der Waals surface area contributed by atoms with Crippen LogP contribution in [0.15, 0.2) is 72.8 Å². The maximum Gasteiger partial charge on any atom is 0.408 e. The van der Waals surface area contributed by atoms with E-state index in [0.717, 1.165) is 32.9 Å². The molecular formula is C27H27N3O3. The van der Waals surface area contributed by atoms with Gasteiger partial charge in [0, 0.05) is 22.0 Å². The van der Waals surface area contributed by atoms with E-state index in [2.05, 4.69) is 22.8 Å². The maximum atomic E-state index is 12.5. The van der Waals surface area contributed by atoms with Crippen molar-refractivity contribution in [2.24, 2.45) is 0 Å². The molecule has 0 aliphatic carbocycles. The van der Waals surface area contributed by atoms with Gasteiger partial charge in [-0.2, -0.15) is 0 Å². The monoisotopic (exact) mass is 441 g/mol. The van der Waals surface area contributed by atoms with Crippen LogP contribution in [0.1, 0.15) is 27.7 Å². The topological polar surface area (TPSA) is 80.3 Å². The first-order chi connectivity index (χ1) is 15.7. The highest BCUT2D eigenvalue weighted by Gasteiger charge is 2.21. The van der Waals surface area contributed by atoms with Crippen LogP contribution in [0, 0.1) is 0 Å². The first kappa shape index (κ1) is 22.3. The molecule has 0 spiro atoms. The number of anilines is 1. The zero-order valence-corrected chi connectivity index (χ0v) is 19.2. The van der Waals surface area contributed by atoms with E-state index in [4.69, 9.17) is 9.72 Å². The largest absolute Gasteiger partial charge is 0.444 e. The third-order valence-corrected chi connectivity index (χ3v) is 5.16. The lowest BCUT2D eigenvalue weighted by Gasteiger charge is -2.21. The van der Waals surface area contributed by atoms with Crippen molar-refractivity contribution in [2.75, 3.05) is 5.32 Å². The molecule has 0 saturated heterocycles. The molecule has 0 saturated carbocycles. The molecule has 1 atom stereocenters. The summed E-state index contributed by atoms with van der Waals surface area (Å²) < 4.78 is 5.21. The molecular weight excluding hydrogens is 414 g/mol. The van der Waals surface area contributed by atoms with E-state index in [9.17, 15) is 9.59 Å². The number of hydrogen-bond donors (Lipinski definition) is 2. The normalized spacial score (nSPS) is 12.4. The summed E-state index contributed by atoms with van der Waals surface area (Å²) in [5.74, 6) is -0.326. The smallest absolute Gasteiger partial charge is 0.408 e. The van der Waals surface area contributed by atoms with Crippen molar-refractivity contribution < 1.29 is 14.3 Å². The number of benzene rings is 3. The summed E-state index contributed by atoms with van der Waals surface area (Å²) in [4.78, 5) is 29.2. The van der Waals surface area contributed by atoms with Gasteiger partial charge in [-0.3, -0.25) is 4.79 Å². The molecule has 2 amide bonds. The predicted octanol–water partition coefficient (Wildman–Crippen LogP) is 5.91. The number of nitrogens with one attached hydrogen (secondary N) is 2. The van der Waals surface area contributed by atoms with Gasteiger partial charge in [-0.05, 0) is 57.5 Å². The fourth-order valence-corrected chi connectivity index (χ4v) is 3.67. The van der Waals surface area contributed by atoms with E-state index in [0.29, 0.717) is 5.69 Å². The quantitative estimate of drug-likeness (QED) is 0.386. The molecule has 1 aromatic heterocycles. The number of alkyl carbamates (subject to hydrolysis) is 1. The molecule has 0 radical (unpaired) electrons. The Kier molecular flexibility index (Phi) is 6.01. The highest BCUT2D eigenvalue weighted by atomic mass is 16.6. The van der Waals surface area contributed by atoms with Gasteiger partial charge < -0.3 is 15.4 Å². The van der Waals surface area contributed by atoms with E-state index in [1.165, 1.54) is 0 Å². The van der Waals surface area contributed by atoms with Crippen molar-refractivity contribution in [1.29, 1.82) is 0 Å². The Bertz CT molecular complexity index is 1270. The van der Waals surface area contributed by atoms with Crippen molar-refractivity contribution in [3.8, 4) is 11.1 Å². The molecule has 168 valence electrons. The van der Waals surface area contributed by atoms with Crippen LogP contribution < -0.4 is 10.6 Å². The zero-order valence-electron chi connectivity index (χ0n) is 19.2. The Hall–Kier alpha value is -3.93. The summed E-state index contributed by atoms with van der Waals surface area (Å²) in [6.07, 6.45) is -0.628. The lowest BCUT2D eigenvalue weighted by Crippen LogP contribution is -2.43. The van der Waals surface area contributed by atoms with E-state index in [1.807, 2.05) is 60.7 Å². The van der Waals surface area contributed by atoms with Crippen LogP contribution in [0.5, 0.6) is 0 Å². The van der Waals surface area contributed by atoms with Crippen molar-refractivity contribution in [1.82, 2.24) is 10.3 Å². The number of ether oxygens (including phenoxy) is 1. The molecule has 0 aliphatic rings. The number of hydrogen-bond acceptors (Lipinski definition) is 4. The third kappa shape index (κ3) is 5.12. The molecule has 1 heterocycles. The summed E-state index contributed by atoms with van der Waals surface area (Å²) in [5, 5.41) is 7.54. The standard InChI is InChI=1S/C27H27N3O3/c1-17(28-26(32)33-27(2,3)4)25(31)29-19-15-13-18(14-16-19)24-20-9-5-7-11-22(20)30-23-12-8-6-10-21(23)24/h5-17H,1-4H3,(H,28,32)(H,29,31)/t17-/m0/s1. The predicted molar refractivity (Wildman–Crippen MR) is 132 cm³/mol. The van der Waals surface area contributed by atoms with Gasteiger partial charge in [0.1, 0.15) is 11.6 Å². The number of carbonyl (C=O) groups is 2. The van der Waals surface area contributed by atoms with Gasteiger partial charge in [0.15, 0.2) is 0 Å². The minimum absolute atomic E-state index is 0.326. The second kappa shape index (κ2) is 8.90. The van der Waals surface area contributed by atoms with E-state index in [-0.39, 0.29) is 5.91 Å². The van der Waals surface area contributed by atoms with Crippen LogP contribution >= 0.6 is 0 Å². The van der Waals surface area contributed by atoms with Crippen LogP contribution in [0.3, 0.4) is 0 Å². The third-order valence-electron chi connectivity index (χ3n) is 5.16. The van der Waals surface area contributed by atoms with Crippen LogP contribution in [0.4, 0.5) is 10.5 Å². The van der Waals surface area contributed by atoms with Gasteiger partial charge >= 0.3 is 6.09 Å². The minimum atomic E-state index is -0.743. The number of nitrogens with zero attached hydrogens (tertiary/aromatic N) is 1. The average molecular weight is 442 g/mol. The Morgan fingerprint density at radius 1 is 0.848 bits per heavy atom. The SMILES string of the molecule is C[C@H](NC(=O)OC(C)(C)C)C(=O)Nc1ccc(-c2c3ccccc3nc3ccccc23)cc1. The van der Waals surface area contributed by atoms with Gasteiger partial charge in [0.05, 0.1) is 11.0 Å². The van der Waals surface area contributed by atoms with E-state index < -0.39 is 17.7 Å². The molecule has 0 unspecified atom stereocenters. The Morgan fingerprint density at radius 3 is 1.94 bits per heavy atom. The van der Waals surface area contributed by atoms with Crippen LogP contribution in [0.2, 0.25) is 0 Å². The fourth-order valence-electron chi connectivity index (χ4n) is 3.67. The molecule has 3 aromatic carbocycles. The summed E-state index contributed by atoms with van der Waals surface area (Å²) in [5.41, 5.74) is 4.02. The van der Waals surface area contributed by atoms with Crippen molar-refractivity contribution >= 4 is 39.5 Å². The molecule has 4 aromatic rings. The van der Waals surface area contributed by atoms with Gasteiger partial charge in [0.25, 0.3) is 0 Å². The molecule has 33 heavy (non-hydrogen) atoms. The number of para-hydroxylation sites is 2. The molecule has 0 aliphatic heterocycles. The first-order valence-corrected chi connectivity index (χ1v) is 10.9. The average Bonchev–Trinajstić information content (AvgIpc) is 2.76. The van der Waals surface area contributed by atoms with Crippen molar-refractivity contribution in [2.45, 2.75) is 39.3 Å². The van der Waals surface area contributed by atoms with Gasteiger partial charge in [-0.1, -0.05) is 48.5 Å². The lowest BCUT2D eigenvalue weighted by atomic mass is 9.96. The number of rotatable bonds is 4. The Morgan fingerprint density at radius 2 is 1.39 bits per heavy atom. The highest BCUT2D eigenvalue weighted by molar-refractivity contribution is 6.09. The van der Waals surface area contributed by atoms with Crippen LogP contribution in [-0.2, 0) is 9.53 Å². The first-order valence-electron chi connectivity index (χ1n) is 10.9. The highest BCUT2D eigenvalue weighted by Crippen LogP contribution is 2.35. The molecule has 0 fully saturated rings. The maximum absolute atomic E-state index is 12.5. The molecule has 0 bridgehead atoms. The van der Waals surface area contributed by atoms with Crippen molar-refractivity contribution in [3.63, 3.8) is 0 Å². The van der Waals surface area contributed by atoms with Gasteiger partial charge in [-0.15, -0.1) is 0 Å².